The summed E-state index contributed by atoms with van der Waals surface area (Å²) in [4.78, 5) is 17.1. The fourth-order valence-electron chi connectivity index (χ4n) is 2.89. The fourth-order valence-corrected chi connectivity index (χ4v) is 3.86. The van der Waals surface area contributed by atoms with Crippen molar-refractivity contribution in [1.29, 1.82) is 0 Å². The van der Waals surface area contributed by atoms with E-state index in [0.717, 1.165) is 39.2 Å². The highest BCUT2D eigenvalue weighted by Gasteiger charge is 2.15. The molecule has 0 radical (unpaired) electrons. The van der Waals surface area contributed by atoms with Crippen LogP contribution in [0, 0.1) is 19.8 Å². The molecule has 6 heteroatoms. The summed E-state index contributed by atoms with van der Waals surface area (Å²) >= 11 is 1.44. The third-order valence-corrected chi connectivity index (χ3v) is 4.98. The van der Waals surface area contributed by atoms with Gasteiger partial charge in [0.1, 0.15) is 5.01 Å². The summed E-state index contributed by atoms with van der Waals surface area (Å²) in [6.07, 6.45) is 1.16. The second-order valence-corrected chi connectivity index (χ2v) is 7.70. The minimum atomic E-state index is -0.0875. The van der Waals surface area contributed by atoms with Crippen molar-refractivity contribution in [2.75, 3.05) is 5.32 Å². The van der Waals surface area contributed by atoms with E-state index in [-0.39, 0.29) is 12.3 Å². The maximum absolute atomic E-state index is 12.5. The molecule has 1 N–H and O–H groups in total. The Kier molecular flexibility index (Phi) is 5.08. The fraction of sp³-hybridized carbons (Fsp3) is 0.368. The molecule has 0 bridgehead atoms. The molecule has 0 spiro atoms. The van der Waals surface area contributed by atoms with Gasteiger partial charge in [-0.25, -0.2) is 0 Å². The number of carbonyl (C=O) groups is 1. The number of hydrogen-bond acceptors (Lipinski definition) is 5. The van der Waals surface area contributed by atoms with Gasteiger partial charge in [-0.3, -0.25) is 9.78 Å². The number of para-hydroxylation sites is 1. The molecule has 130 valence electrons. The molecule has 3 rings (SSSR count). The van der Waals surface area contributed by atoms with Crippen molar-refractivity contribution >= 4 is 33.3 Å². The summed E-state index contributed by atoms with van der Waals surface area (Å²) < 4.78 is 0. The molecule has 0 fully saturated rings. The van der Waals surface area contributed by atoms with Crippen molar-refractivity contribution in [3.8, 4) is 0 Å². The normalized spacial score (nSPS) is 11.2. The van der Waals surface area contributed by atoms with Crippen molar-refractivity contribution in [1.82, 2.24) is 15.2 Å². The van der Waals surface area contributed by atoms with Gasteiger partial charge in [0.25, 0.3) is 0 Å². The Hall–Kier alpha value is -2.34. The van der Waals surface area contributed by atoms with Gasteiger partial charge in [-0.2, -0.15) is 0 Å². The van der Waals surface area contributed by atoms with E-state index in [1.54, 1.807) is 0 Å². The topological polar surface area (TPSA) is 67.8 Å². The van der Waals surface area contributed by atoms with E-state index in [9.17, 15) is 4.79 Å². The minimum Gasteiger partial charge on any atom is -0.300 e. The van der Waals surface area contributed by atoms with Crippen LogP contribution in [0.4, 0.5) is 5.13 Å². The number of nitrogens with one attached hydrogen (secondary N) is 1. The van der Waals surface area contributed by atoms with Crippen LogP contribution in [-0.2, 0) is 17.6 Å². The van der Waals surface area contributed by atoms with Gasteiger partial charge in [0.05, 0.1) is 11.9 Å². The predicted molar refractivity (Wildman–Crippen MR) is 102 cm³/mol. The van der Waals surface area contributed by atoms with E-state index in [4.69, 9.17) is 0 Å². The SMILES string of the molecule is Cc1nc2ccccc2c(C)c1CC(=O)Nc1nnc(CC(C)C)s1. The highest BCUT2D eigenvalue weighted by Crippen LogP contribution is 2.24. The van der Waals surface area contributed by atoms with Crippen molar-refractivity contribution in [2.24, 2.45) is 5.92 Å². The van der Waals surface area contributed by atoms with Gasteiger partial charge >= 0.3 is 0 Å². The molecule has 0 saturated heterocycles. The maximum atomic E-state index is 12.5. The van der Waals surface area contributed by atoms with Crippen molar-refractivity contribution in [3.05, 3.63) is 46.1 Å². The van der Waals surface area contributed by atoms with Gasteiger partial charge in [0, 0.05) is 17.5 Å². The van der Waals surface area contributed by atoms with E-state index in [0.29, 0.717) is 11.0 Å². The molecule has 0 atom stereocenters. The molecule has 1 amide bonds. The Balaban J connectivity index is 1.77. The third-order valence-electron chi connectivity index (χ3n) is 4.12. The summed E-state index contributed by atoms with van der Waals surface area (Å²) in [6, 6.07) is 8.01. The number of carbonyl (C=O) groups excluding carboxylic acids is 1. The number of hydrogen-bond donors (Lipinski definition) is 1. The molecule has 2 heterocycles. The van der Waals surface area contributed by atoms with Gasteiger partial charge in [-0.15, -0.1) is 10.2 Å². The lowest BCUT2D eigenvalue weighted by atomic mass is 9.99. The van der Waals surface area contributed by atoms with Crippen LogP contribution >= 0.6 is 11.3 Å². The van der Waals surface area contributed by atoms with Crippen LogP contribution in [0.15, 0.2) is 24.3 Å². The summed E-state index contributed by atoms with van der Waals surface area (Å²) in [7, 11) is 0. The van der Waals surface area contributed by atoms with E-state index < -0.39 is 0 Å². The molecular weight excluding hydrogens is 332 g/mol. The van der Waals surface area contributed by atoms with Gasteiger partial charge in [0.2, 0.25) is 11.0 Å². The Bertz CT molecular complexity index is 917. The number of amides is 1. The van der Waals surface area contributed by atoms with Crippen LogP contribution in [0.3, 0.4) is 0 Å². The second kappa shape index (κ2) is 7.27. The van der Waals surface area contributed by atoms with Crippen LogP contribution in [-0.4, -0.2) is 21.1 Å². The summed E-state index contributed by atoms with van der Waals surface area (Å²) in [5.74, 6) is 0.431. The molecule has 0 unspecified atom stereocenters. The first-order valence-electron chi connectivity index (χ1n) is 8.41. The van der Waals surface area contributed by atoms with Crippen LogP contribution in [0.1, 0.15) is 35.7 Å². The van der Waals surface area contributed by atoms with Crippen LogP contribution in [0.5, 0.6) is 0 Å². The largest absolute Gasteiger partial charge is 0.300 e. The van der Waals surface area contributed by atoms with Gasteiger partial charge in [-0.1, -0.05) is 43.4 Å². The van der Waals surface area contributed by atoms with Crippen molar-refractivity contribution in [3.63, 3.8) is 0 Å². The molecular formula is C19H22N4OS. The minimum absolute atomic E-state index is 0.0875. The number of anilines is 1. The zero-order valence-corrected chi connectivity index (χ0v) is 15.8. The number of benzene rings is 1. The highest BCUT2D eigenvalue weighted by molar-refractivity contribution is 7.15. The molecule has 0 aliphatic carbocycles. The average molecular weight is 354 g/mol. The summed E-state index contributed by atoms with van der Waals surface area (Å²) in [5, 5.41) is 13.7. The first kappa shape index (κ1) is 17.5. The standard InChI is InChI=1S/C19H22N4OS/c1-11(2)9-18-22-23-19(25-18)21-17(24)10-15-12(3)14-7-5-6-8-16(14)20-13(15)4/h5-8,11H,9-10H2,1-4H3,(H,21,23,24). The Morgan fingerprint density at radius 1 is 1.20 bits per heavy atom. The number of rotatable bonds is 5. The quantitative estimate of drug-likeness (QED) is 0.749. The first-order chi connectivity index (χ1) is 11.9. The molecule has 0 aliphatic rings. The zero-order valence-electron chi connectivity index (χ0n) is 15.0. The molecule has 1 aromatic carbocycles. The van der Waals surface area contributed by atoms with Crippen LogP contribution in [0.25, 0.3) is 10.9 Å². The number of nitrogens with zero attached hydrogens (tertiary/aromatic N) is 3. The number of pyridine rings is 1. The third kappa shape index (κ3) is 4.02. The lowest BCUT2D eigenvalue weighted by Gasteiger charge is -2.12. The smallest absolute Gasteiger partial charge is 0.230 e. The maximum Gasteiger partial charge on any atom is 0.230 e. The van der Waals surface area contributed by atoms with E-state index >= 15 is 0 Å². The Labute approximate surface area is 151 Å². The van der Waals surface area contributed by atoms with Crippen molar-refractivity contribution in [2.45, 2.75) is 40.5 Å². The van der Waals surface area contributed by atoms with E-state index in [2.05, 4.69) is 34.3 Å². The van der Waals surface area contributed by atoms with E-state index in [1.165, 1.54) is 11.3 Å². The molecule has 25 heavy (non-hydrogen) atoms. The monoisotopic (exact) mass is 354 g/mol. The molecule has 5 nitrogen and oxygen atoms in total. The zero-order chi connectivity index (χ0) is 18.0. The Morgan fingerprint density at radius 2 is 1.96 bits per heavy atom. The van der Waals surface area contributed by atoms with E-state index in [1.807, 2.05) is 38.1 Å². The first-order valence-corrected chi connectivity index (χ1v) is 9.22. The van der Waals surface area contributed by atoms with Crippen LogP contribution < -0.4 is 5.32 Å². The number of aryl methyl sites for hydroxylation is 2. The average Bonchev–Trinajstić information content (AvgIpc) is 2.97. The van der Waals surface area contributed by atoms with Crippen molar-refractivity contribution < 1.29 is 4.79 Å². The summed E-state index contributed by atoms with van der Waals surface area (Å²) in [6.45, 7) is 8.27. The van der Waals surface area contributed by atoms with Gasteiger partial charge < -0.3 is 5.32 Å². The molecule has 2 aromatic heterocycles. The number of aromatic nitrogens is 3. The summed E-state index contributed by atoms with van der Waals surface area (Å²) in [5.41, 5.74) is 3.94. The lowest BCUT2D eigenvalue weighted by molar-refractivity contribution is -0.115. The predicted octanol–water partition coefficient (Wildman–Crippen LogP) is 4.08. The molecule has 0 saturated carbocycles. The molecule has 3 aromatic rings. The van der Waals surface area contributed by atoms with Gasteiger partial charge in [-0.05, 0) is 37.0 Å². The highest BCUT2D eigenvalue weighted by atomic mass is 32.1. The Morgan fingerprint density at radius 3 is 2.72 bits per heavy atom. The lowest BCUT2D eigenvalue weighted by Crippen LogP contribution is -2.16. The molecule has 0 aliphatic heterocycles. The van der Waals surface area contributed by atoms with Gasteiger partial charge in [0.15, 0.2) is 0 Å². The number of fused-ring (bicyclic) bond motifs is 1. The van der Waals surface area contributed by atoms with Crippen LogP contribution in [0.2, 0.25) is 0 Å². The second-order valence-electron chi connectivity index (χ2n) is 6.64.